The van der Waals surface area contributed by atoms with E-state index in [0.29, 0.717) is 0 Å². The van der Waals surface area contributed by atoms with Gasteiger partial charge in [-0.3, -0.25) is 0 Å². The Balaban J connectivity index is 2.19. The quantitative estimate of drug-likeness (QED) is 0.775. The molecule has 0 bridgehead atoms. The lowest BCUT2D eigenvalue weighted by Crippen LogP contribution is -2.08. The van der Waals surface area contributed by atoms with Gasteiger partial charge in [0.1, 0.15) is 5.01 Å². The van der Waals surface area contributed by atoms with Gasteiger partial charge in [-0.2, -0.15) is 0 Å². The summed E-state index contributed by atoms with van der Waals surface area (Å²) in [6.07, 6.45) is 7.64. The molecule has 0 spiro atoms. The normalized spacial score (nSPS) is 17.5. The molecule has 0 unspecified atom stereocenters. The highest BCUT2D eigenvalue weighted by Crippen LogP contribution is 2.29. The van der Waals surface area contributed by atoms with Gasteiger partial charge in [0, 0.05) is 4.88 Å². The fraction of sp³-hybridized carbons (Fsp3) is 0.545. The predicted molar refractivity (Wildman–Crippen MR) is 60.5 cm³/mol. The van der Waals surface area contributed by atoms with Gasteiger partial charge in [-0.05, 0) is 32.1 Å². The SMILES string of the molecule is C=CC[C@H](N)c1nc2c(s1)CCCC2. The molecule has 0 saturated carbocycles. The molecule has 1 aliphatic rings. The first kappa shape index (κ1) is 9.87. The highest BCUT2D eigenvalue weighted by molar-refractivity contribution is 7.11. The Morgan fingerprint density at radius 3 is 3.00 bits per heavy atom. The fourth-order valence-electron chi connectivity index (χ4n) is 1.81. The van der Waals surface area contributed by atoms with E-state index >= 15 is 0 Å². The van der Waals surface area contributed by atoms with E-state index in [-0.39, 0.29) is 6.04 Å². The first-order chi connectivity index (χ1) is 6.81. The Hall–Kier alpha value is -0.670. The van der Waals surface area contributed by atoms with E-state index in [9.17, 15) is 0 Å². The van der Waals surface area contributed by atoms with Crippen molar-refractivity contribution in [2.24, 2.45) is 5.73 Å². The van der Waals surface area contributed by atoms with E-state index < -0.39 is 0 Å². The summed E-state index contributed by atoms with van der Waals surface area (Å²) in [4.78, 5) is 6.08. The minimum atomic E-state index is 0.0584. The van der Waals surface area contributed by atoms with Gasteiger partial charge < -0.3 is 5.73 Å². The fourth-order valence-corrected chi connectivity index (χ4v) is 2.98. The second kappa shape index (κ2) is 4.24. The van der Waals surface area contributed by atoms with Gasteiger partial charge in [0.25, 0.3) is 0 Å². The number of aromatic nitrogens is 1. The molecule has 76 valence electrons. The van der Waals surface area contributed by atoms with Crippen LogP contribution in [0.15, 0.2) is 12.7 Å². The van der Waals surface area contributed by atoms with Crippen LogP contribution in [0.4, 0.5) is 0 Å². The van der Waals surface area contributed by atoms with Gasteiger partial charge in [0.05, 0.1) is 11.7 Å². The summed E-state index contributed by atoms with van der Waals surface area (Å²) in [7, 11) is 0. The molecule has 1 aliphatic carbocycles. The standard InChI is InChI=1S/C11H16N2S/c1-2-5-8(12)11-13-9-6-3-4-7-10(9)14-11/h2,8H,1,3-7,12H2/t8-/m0/s1. The molecule has 0 aliphatic heterocycles. The predicted octanol–water partition coefficient (Wildman–Crippen LogP) is 2.60. The van der Waals surface area contributed by atoms with Crippen molar-refractivity contribution in [3.05, 3.63) is 28.2 Å². The van der Waals surface area contributed by atoms with Crippen LogP contribution >= 0.6 is 11.3 Å². The van der Waals surface area contributed by atoms with Gasteiger partial charge >= 0.3 is 0 Å². The Kier molecular flexibility index (Phi) is 2.99. The van der Waals surface area contributed by atoms with Crippen LogP contribution in [-0.4, -0.2) is 4.98 Å². The molecule has 1 heterocycles. The molecular weight excluding hydrogens is 192 g/mol. The summed E-state index contributed by atoms with van der Waals surface area (Å²) in [6.45, 7) is 3.70. The average Bonchev–Trinajstić information content (AvgIpc) is 2.61. The largest absolute Gasteiger partial charge is 0.322 e. The van der Waals surface area contributed by atoms with E-state index in [1.54, 1.807) is 11.3 Å². The summed E-state index contributed by atoms with van der Waals surface area (Å²) >= 11 is 1.80. The van der Waals surface area contributed by atoms with Gasteiger partial charge in [0.15, 0.2) is 0 Å². The molecule has 2 rings (SSSR count). The third-order valence-corrected chi connectivity index (χ3v) is 3.89. The Bertz CT molecular complexity index is 307. The van der Waals surface area contributed by atoms with Gasteiger partial charge in [-0.25, -0.2) is 4.98 Å². The van der Waals surface area contributed by atoms with Crippen molar-refractivity contribution < 1.29 is 0 Å². The topological polar surface area (TPSA) is 38.9 Å². The molecule has 1 atom stereocenters. The first-order valence-corrected chi connectivity index (χ1v) is 5.98. The first-order valence-electron chi connectivity index (χ1n) is 5.16. The van der Waals surface area contributed by atoms with Crippen LogP contribution in [0, 0.1) is 0 Å². The lowest BCUT2D eigenvalue weighted by Gasteiger charge is -2.06. The number of fused-ring (bicyclic) bond motifs is 1. The second-order valence-corrected chi connectivity index (χ2v) is 4.88. The number of hydrogen-bond donors (Lipinski definition) is 1. The van der Waals surface area contributed by atoms with Crippen molar-refractivity contribution >= 4 is 11.3 Å². The van der Waals surface area contributed by atoms with E-state index in [2.05, 4.69) is 11.6 Å². The maximum absolute atomic E-state index is 5.99. The number of aryl methyl sites for hydroxylation is 2. The Labute approximate surface area is 88.9 Å². The number of nitrogens with zero attached hydrogens (tertiary/aromatic N) is 1. The minimum absolute atomic E-state index is 0.0584. The van der Waals surface area contributed by atoms with Crippen LogP contribution in [0.3, 0.4) is 0 Å². The molecule has 0 radical (unpaired) electrons. The van der Waals surface area contributed by atoms with E-state index in [1.165, 1.54) is 29.8 Å². The van der Waals surface area contributed by atoms with Gasteiger partial charge in [-0.1, -0.05) is 6.08 Å². The molecule has 1 aromatic heterocycles. The highest BCUT2D eigenvalue weighted by Gasteiger charge is 2.17. The zero-order chi connectivity index (χ0) is 9.97. The summed E-state index contributed by atoms with van der Waals surface area (Å²) in [5, 5.41) is 1.09. The zero-order valence-electron chi connectivity index (χ0n) is 8.33. The highest BCUT2D eigenvalue weighted by atomic mass is 32.1. The molecule has 2 N–H and O–H groups in total. The Morgan fingerprint density at radius 2 is 2.29 bits per heavy atom. The van der Waals surface area contributed by atoms with Crippen molar-refractivity contribution in [3.8, 4) is 0 Å². The van der Waals surface area contributed by atoms with Crippen molar-refractivity contribution in [1.29, 1.82) is 0 Å². The van der Waals surface area contributed by atoms with Crippen molar-refractivity contribution in [1.82, 2.24) is 4.98 Å². The second-order valence-electron chi connectivity index (χ2n) is 3.76. The molecule has 0 amide bonds. The van der Waals surface area contributed by atoms with Crippen LogP contribution in [0.1, 0.15) is 40.9 Å². The monoisotopic (exact) mass is 208 g/mol. The molecule has 0 saturated heterocycles. The van der Waals surface area contributed by atoms with E-state index in [1.807, 2.05) is 6.08 Å². The molecule has 14 heavy (non-hydrogen) atoms. The Morgan fingerprint density at radius 1 is 1.50 bits per heavy atom. The summed E-state index contributed by atoms with van der Waals surface area (Å²) < 4.78 is 0. The lowest BCUT2D eigenvalue weighted by molar-refractivity contribution is 0.672. The van der Waals surface area contributed by atoms with Gasteiger partial charge in [-0.15, -0.1) is 17.9 Å². The lowest BCUT2D eigenvalue weighted by atomic mass is 10.0. The third-order valence-electron chi connectivity index (χ3n) is 2.60. The number of thiazole rings is 1. The smallest absolute Gasteiger partial charge is 0.110 e. The number of rotatable bonds is 3. The number of nitrogens with two attached hydrogens (primary N) is 1. The van der Waals surface area contributed by atoms with Crippen LogP contribution in [0.25, 0.3) is 0 Å². The molecule has 0 fully saturated rings. The molecule has 0 aromatic carbocycles. The van der Waals surface area contributed by atoms with Crippen LogP contribution in [0.2, 0.25) is 0 Å². The maximum atomic E-state index is 5.99. The molecule has 1 aromatic rings. The summed E-state index contributed by atoms with van der Waals surface area (Å²) in [6, 6.07) is 0.0584. The van der Waals surface area contributed by atoms with E-state index in [4.69, 9.17) is 5.73 Å². The van der Waals surface area contributed by atoms with Crippen LogP contribution < -0.4 is 5.73 Å². The zero-order valence-corrected chi connectivity index (χ0v) is 9.15. The minimum Gasteiger partial charge on any atom is -0.322 e. The van der Waals surface area contributed by atoms with Crippen molar-refractivity contribution in [2.75, 3.05) is 0 Å². The van der Waals surface area contributed by atoms with Gasteiger partial charge in [0.2, 0.25) is 0 Å². The number of hydrogen-bond acceptors (Lipinski definition) is 3. The summed E-state index contributed by atoms with van der Waals surface area (Å²) in [5.74, 6) is 0. The van der Waals surface area contributed by atoms with Crippen molar-refractivity contribution in [2.45, 2.75) is 38.1 Å². The molecular formula is C11H16N2S. The molecule has 2 nitrogen and oxygen atoms in total. The molecule has 3 heteroatoms. The maximum Gasteiger partial charge on any atom is 0.110 e. The van der Waals surface area contributed by atoms with Crippen molar-refractivity contribution in [3.63, 3.8) is 0 Å². The third kappa shape index (κ3) is 1.88. The van der Waals surface area contributed by atoms with Crippen LogP contribution in [0.5, 0.6) is 0 Å². The van der Waals surface area contributed by atoms with E-state index in [0.717, 1.165) is 17.8 Å². The average molecular weight is 208 g/mol. The van der Waals surface area contributed by atoms with Crippen LogP contribution in [-0.2, 0) is 12.8 Å². The summed E-state index contributed by atoms with van der Waals surface area (Å²) in [5.41, 5.74) is 7.30.